The molecule has 33 heavy (non-hydrogen) atoms. The van der Waals surface area contributed by atoms with Crippen LogP contribution in [0.4, 0.5) is 4.39 Å². The fraction of sp³-hybridized carbons (Fsp3) is 0.0800. The fourth-order valence-corrected chi connectivity index (χ4v) is 2.90. The molecule has 0 bridgehead atoms. The van der Waals surface area contributed by atoms with Crippen molar-refractivity contribution >= 4 is 9.58 Å². The summed E-state index contributed by atoms with van der Waals surface area (Å²) in [6.45, 7) is 3.94. The van der Waals surface area contributed by atoms with Crippen LogP contribution in [0.5, 0.6) is 0 Å². The molecule has 0 saturated carbocycles. The quantitative estimate of drug-likeness (QED) is 0.234. The third-order valence-electron chi connectivity index (χ3n) is 4.42. The molecular weight excluding hydrogens is 617 g/mol. The van der Waals surface area contributed by atoms with Gasteiger partial charge in [0.15, 0.2) is 0 Å². The van der Waals surface area contributed by atoms with Gasteiger partial charge in [0.2, 0.25) is 0 Å². The molecule has 168 valence electrons. The van der Waals surface area contributed by atoms with Gasteiger partial charge < -0.3 is 4.98 Å². The Morgan fingerprint density at radius 3 is 1.91 bits per heavy atom. The van der Waals surface area contributed by atoms with Crippen LogP contribution in [0.3, 0.4) is 0 Å². The molecule has 0 unspecified atom stereocenters. The number of halogens is 2. The van der Waals surface area contributed by atoms with E-state index in [0.717, 1.165) is 34.0 Å². The molecule has 5 aromatic rings. The Labute approximate surface area is 207 Å². The first-order valence-electron chi connectivity index (χ1n) is 9.87. The molecule has 5 rings (SSSR count). The van der Waals surface area contributed by atoms with Gasteiger partial charge in [-0.3, -0.25) is 13.8 Å². The third kappa shape index (κ3) is 6.93. The molecule has 0 amide bonds. The summed E-state index contributed by atoms with van der Waals surface area (Å²) in [5.74, 6) is -0.278. The summed E-state index contributed by atoms with van der Waals surface area (Å²) in [7, 11) is 4.64. The first-order chi connectivity index (χ1) is 16.1. The molecule has 0 atom stereocenters. The van der Waals surface area contributed by atoms with Crippen molar-refractivity contribution in [3.05, 3.63) is 115 Å². The van der Waals surface area contributed by atoms with Crippen LogP contribution in [0, 0.1) is 31.8 Å². The standard InChI is InChI=1S/C14H13N4.C11H7FN.ClH.Ir/c1-11-6-8-17(15-11)13-4-3-5-14(10-13)18-9-7-12(2)16-18;12-10-6-4-9(5-7-10)11-3-1-2-8-13-11;;/h3-9H,1-2H3;1-4,6-8H;1H;/q2*-1;;+3/p-1. The molecule has 5 nitrogen and oxygen atoms in total. The van der Waals surface area contributed by atoms with E-state index in [0.29, 0.717) is 0 Å². The van der Waals surface area contributed by atoms with Crippen molar-refractivity contribution in [2.75, 3.05) is 0 Å². The fourth-order valence-electron chi connectivity index (χ4n) is 2.90. The van der Waals surface area contributed by atoms with E-state index >= 15 is 0 Å². The Morgan fingerprint density at radius 1 is 0.818 bits per heavy atom. The molecule has 3 heterocycles. The second-order valence-electron chi connectivity index (χ2n) is 6.86. The van der Waals surface area contributed by atoms with Crippen LogP contribution in [-0.2, 0) is 17.9 Å². The van der Waals surface area contributed by atoms with E-state index in [-0.39, 0.29) is 5.82 Å². The molecule has 8 heteroatoms. The van der Waals surface area contributed by atoms with Crippen LogP contribution in [0.1, 0.15) is 11.4 Å². The van der Waals surface area contributed by atoms with Gasteiger partial charge in [0, 0.05) is 24.4 Å². The molecule has 0 fully saturated rings. The first kappa shape index (κ1) is 24.5. The minimum atomic E-state index is -0.278. The maximum absolute atomic E-state index is 12.6. The summed E-state index contributed by atoms with van der Waals surface area (Å²) in [4.78, 5) is 4.12. The van der Waals surface area contributed by atoms with Gasteiger partial charge in [-0.2, -0.15) is 16.3 Å². The van der Waals surface area contributed by atoms with Gasteiger partial charge in [-0.05, 0) is 49.1 Å². The van der Waals surface area contributed by atoms with E-state index < -0.39 is 0 Å². The number of hydrogen-bond donors (Lipinski definition) is 0. The third-order valence-corrected chi connectivity index (χ3v) is 4.42. The number of rotatable bonds is 3. The SMILES string of the molecule is Cc1ccn(-c2[c-]c(-n3ccc(C)n3)ccc2)n1.Fc1c[c-]c(-c2ccccn2)cc1.[Cl][Ir+2]. The molecule has 0 spiro atoms. The normalized spacial score (nSPS) is 9.97. The monoisotopic (exact) mass is 637 g/mol. The van der Waals surface area contributed by atoms with Gasteiger partial charge in [0.1, 0.15) is 0 Å². The molecule has 0 radical (unpaired) electrons. The Morgan fingerprint density at radius 2 is 1.45 bits per heavy atom. The maximum atomic E-state index is 12.6. The predicted octanol–water partition coefficient (Wildman–Crippen LogP) is 5.85. The van der Waals surface area contributed by atoms with Gasteiger partial charge in [0.05, 0.1) is 11.4 Å². The summed E-state index contributed by atoms with van der Waals surface area (Å²) in [6, 6.07) is 26.0. The van der Waals surface area contributed by atoms with Crippen LogP contribution in [0.25, 0.3) is 22.6 Å². The van der Waals surface area contributed by atoms with Crippen molar-refractivity contribution in [2.24, 2.45) is 0 Å². The van der Waals surface area contributed by atoms with Gasteiger partial charge in [0.25, 0.3) is 0 Å². The van der Waals surface area contributed by atoms with E-state index in [2.05, 4.69) is 36.9 Å². The van der Waals surface area contributed by atoms with Crippen LogP contribution in [0.2, 0.25) is 0 Å². The molecule has 2 aromatic carbocycles. The summed E-state index contributed by atoms with van der Waals surface area (Å²) in [5.41, 5.74) is 5.42. The molecule has 0 N–H and O–H groups in total. The first-order valence-corrected chi connectivity index (χ1v) is 12.8. The zero-order valence-corrected chi connectivity index (χ0v) is 21.1. The van der Waals surface area contributed by atoms with Crippen LogP contribution >= 0.6 is 9.58 Å². The van der Waals surface area contributed by atoms with Crippen molar-refractivity contribution in [1.82, 2.24) is 24.5 Å². The van der Waals surface area contributed by atoms with Crippen molar-refractivity contribution in [3.63, 3.8) is 0 Å². The topological polar surface area (TPSA) is 48.5 Å². The number of hydrogen-bond acceptors (Lipinski definition) is 3. The van der Waals surface area contributed by atoms with Crippen molar-refractivity contribution in [2.45, 2.75) is 13.8 Å². The second-order valence-corrected chi connectivity index (χ2v) is 6.86. The molecule has 3 aromatic heterocycles. The van der Waals surface area contributed by atoms with Gasteiger partial charge in [-0.25, -0.2) is 0 Å². The zero-order chi connectivity index (χ0) is 23.6. The van der Waals surface area contributed by atoms with Crippen LogP contribution < -0.4 is 0 Å². The second kappa shape index (κ2) is 12.2. The average Bonchev–Trinajstić information content (AvgIpc) is 3.50. The summed E-state index contributed by atoms with van der Waals surface area (Å²) < 4.78 is 16.2. The Hall–Kier alpha value is -3.12. The number of aryl methyl sites for hydroxylation is 2. The molecule has 0 aliphatic carbocycles. The zero-order valence-electron chi connectivity index (χ0n) is 17.9. The summed E-state index contributed by atoms with van der Waals surface area (Å²) >= 11 is 1.47. The summed E-state index contributed by atoms with van der Waals surface area (Å²) in [6.07, 6.45) is 5.56. The number of aromatic nitrogens is 5. The van der Waals surface area contributed by atoms with Crippen LogP contribution in [0.15, 0.2) is 85.3 Å². The molecule has 0 aliphatic rings. The molecule has 0 saturated heterocycles. The Bertz CT molecular complexity index is 1210. The molecular formula is C25H20ClFIrN5. The van der Waals surface area contributed by atoms with Gasteiger partial charge in [-0.1, -0.05) is 12.1 Å². The van der Waals surface area contributed by atoms with Crippen molar-refractivity contribution in [1.29, 1.82) is 0 Å². The molecule has 0 aliphatic heterocycles. The van der Waals surface area contributed by atoms with E-state index in [1.807, 2.05) is 84.1 Å². The number of nitrogens with zero attached hydrogens (tertiary/aromatic N) is 5. The van der Waals surface area contributed by atoms with E-state index in [4.69, 9.17) is 0 Å². The van der Waals surface area contributed by atoms with E-state index in [1.54, 1.807) is 12.3 Å². The summed E-state index contributed by atoms with van der Waals surface area (Å²) in [5, 5.41) is 8.75. The van der Waals surface area contributed by atoms with Crippen molar-refractivity contribution < 1.29 is 22.3 Å². The van der Waals surface area contributed by atoms with Crippen molar-refractivity contribution in [3.8, 4) is 22.6 Å². The predicted molar refractivity (Wildman–Crippen MR) is 123 cm³/mol. The minimum absolute atomic E-state index is 0.278. The number of benzene rings is 2. The van der Waals surface area contributed by atoms with E-state index in [9.17, 15) is 4.39 Å². The van der Waals surface area contributed by atoms with Gasteiger partial charge in [-0.15, -0.1) is 48.0 Å². The average molecular weight is 637 g/mol. The Balaban J connectivity index is 0.000000181. The Kier molecular flexibility index (Phi) is 9.07. The van der Waals surface area contributed by atoms with E-state index in [1.165, 1.54) is 30.0 Å². The number of pyridine rings is 1. The van der Waals surface area contributed by atoms with Crippen LogP contribution in [-0.4, -0.2) is 24.5 Å². The van der Waals surface area contributed by atoms with Gasteiger partial charge >= 0.3 is 27.5 Å².